The molecule has 0 spiro atoms. The summed E-state index contributed by atoms with van der Waals surface area (Å²) >= 11 is 6.10. The third kappa shape index (κ3) is 4.22. The number of carbonyl (C=O) groups excluding carboxylic acids is 1. The lowest BCUT2D eigenvalue weighted by molar-refractivity contribution is -0.119. The van der Waals surface area contributed by atoms with Crippen molar-refractivity contribution in [3.05, 3.63) is 52.0 Å². The third-order valence-electron chi connectivity index (χ3n) is 3.67. The van der Waals surface area contributed by atoms with Gasteiger partial charge in [0.05, 0.1) is 17.8 Å². The van der Waals surface area contributed by atoms with E-state index >= 15 is 0 Å². The van der Waals surface area contributed by atoms with Gasteiger partial charge in [0.1, 0.15) is 0 Å². The van der Waals surface area contributed by atoms with Crippen LogP contribution in [-0.4, -0.2) is 25.5 Å². The Labute approximate surface area is 150 Å². The Bertz CT molecular complexity index is 837. The first kappa shape index (κ1) is 17.1. The lowest BCUT2D eigenvalue weighted by atomic mass is 10.1. The van der Waals surface area contributed by atoms with Gasteiger partial charge < -0.3 is 14.8 Å². The number of rotatable bonds is 5. The van der Waals surface area contributed by atoms with E-state index in [4.69, 9.17) is 21.1 Å². The first-order valence-corrected chi connectivity index (χ1v) is 8.13. The highest BCUT2D eigenvalue weighted by Gasteiger charge is 2.17. The molecule has 6 nitrogen and oxygen atoms in total. The van der Waals surface area contributed by atoms with Crippen LogP contribution >= 0.6 is 11.6 Å². The van der Waals surface area contributed by atoms with Crippen LogP contribution in [0, 0.1) is 13.8 Å². The van der Waals surface area contributed by atoms with Crippen LogP contribution < -0.4 is 20.2 Å². The van der Waals surface area contributed by atoms with Gasteiger partial charge in [0.15, 0.2) is 11.5 Å². The maximum atomic E-state index is 11.9. The zero-order chi connectivity index (χ0) is 17.8. The van der Waals surface area contributed by atoms with Crippen molar-refractivity contribution in [2.75, 3.05) is 18.7 Å². The highest BCUT2D eigenvalue weighted by atomic mass is 35.5. The Hall–Kier alpha value is -2.73. The van der Waals surface area contributed by atoms with Crippen LogP contribution in [0.1, 0.15) is 16.7 Å². The Kier molecular flexibility index (Phi) is 5.09. The average molecular weight is 360 g/mol. The number of ether oxygens (including phenoxy) is 2. The number of halogens is 1. The number of benzene rings is 2. The Morgan fingerprint density at radius 1 is 1.28 bits per heavy atom. The van der Waals surface area contributed by atoms with E-state index < -0.39 is 0 Å². The van der Waals surface area contributed by atoms with Crippen molar-refractivity contribution in [1.29, 1.82) is 0 Å². The molecule has 3 rings (SSSR count). The molecule has 25 heavy (non-hydrogen) atoms. The molecule has 0 aromatic heterocycles. The molecule has 2 aromatic rings. The summed E-state index contributed by atoms with van der Waals surface area (Å²) in [5.74, 6) is 0.848. The van der Waals surface area contributed by atoms with E-state index in [0.717, 1.165) is 11.3 Å². The fourth-order valence-corrected chi connectivity index (χ4v) is 2.74. The number of hydrogen-bond acceptors (Lipinski definition) is 5. The SMILES string of the molecule is Cc1ccc(NCC(=O)N/N=C\c2cc(Cl)c3c(c2)OCO3)c(C)c1. The normalized spacial score (nSPS) is 12.4. The highest BCUT2D eigenvalue weighted by Crippen LogP contribution is 2.39. The number of aryl methyl sites for hydroxylation is 2. The lowest BCUT2D eigenvalue weighted by Crippen LogP contribution is -2.26. The maximum absolute atomic E-state index is 11.9. The summed E-state index contributed by atoms with van der Waals surface area (Å²) in [6, 6.07) is 9.45. The van der Waals surface area contributed by atoms with Crippen molar-refractivity contribution in [3.8, 4) is 11.5 Å². The van der Waals surface area contributed by atoms with E-state index in [1.807, 2.05) is 26.0 Å². The monoisotopic (exact) mass is 359 g/mol. The molecule has 0 radical (unpaired) electrons. The molecule has 0 bridgehead atoms. The molecular weight excluding hydrogens is 342 g/mol. The zero-order valence-corrected chi connectivity index (χ0v) is 14.7. The maximum Gasteiger partial charge on any atom is 0.259 e. The van der Waals surface area contributed by atoms with E-state index in [2.05, 4.69) is 21.9 Å². The van der Waals surface area contributed by atoms with Gasteiger partial charge in [0, 0.05) is 5.69 Å². The number of nitrogens with zero attached hydrogens (tertiary/aromatic N) is 1. The largest absolute Gasteiger partial charge is 0.454 e. The number of hydrogen-bond donors (Lipinski definition) is 2. The Balaban J connectivity index is 1.54. The van der Waals surface area contributed by atoms with E-state index in [-0.39, 0.29) is 19.2 Å². The lowest BCUT2D eigenvalue weighted by Gasteiger charge is -2.09. The van der Waals surface area contributed by atoms with Crippen LogP contribution in [0.4, 0.5) is 5.69 Å². The fraction of sp³-hybridized carbons (Fsp3) is 0.222. The van der Waals surface area contributed by atoms with Crippen LogP contribution in [0.3, 0.4) is 0 Å². The van der Waals surface area contributed by atoms with Crippen molar-refractivity contribution in [2.24, 2.45) is 5.10 Å². The summed E-state index contributed by atoms with van der Waals surface area (Å²) in [5, 5.41) is 7.47. The van der Waals surface area contributed by atoms with Gasteiger partial charge in [0.2, 0.25) is 6.79 Å². The first-order valence-electron chi connectivity index (χ1n) is 7.75. The van der Waals surface area contributed by atoms with Gasteiger partial charge in [-0.2, -0.15) is 5.10 Å². The molecule has 0 saturated carbocycles. The molecule has 2 aromatic carbocycles. The highest BCUT2D eigenvalue weighted by molar-refractivity contribution is 6.32. The van der Waals surface area contributed by atoms with Crippen LogP contribution in [0.15, 0.2) is 35.4 Å². The van der Waals surface area contributed by atoms with Crippen molar-refractivity contribution in [1.82, 2.24) is 5.43 Å². The molecule has 7 heteroatoms. The van der Waals surface area contributed by atoms with Crippen LogP contribution in [0.25, 0.3) is 0 Å². The molecule has 0 atom stereocenters. The second-order valence-corrected chi connectivity index (χ2v) is 6.11. The minimum absolute atomic E-state index is 0.128. The molecule has 0 unspecified atom stereocenters. The van der Waals surface area contributed by atoms with Crippen LogP contribution in [-0.2, 0) is 4.79 Å². The minimum atomic E-state index is -0.247. The summed E-state index contributed by atoms with van der Waals surface area (Å²) in [5.41, 5.74) is 6.37. The number of anilines is 1. The van der Waals surface area contributed by atoms with Gasteiger partial charge in [-0.3, -0.25) is 4.79 Å². The molecule has 1 amide bonds. The van der Waals surface area contributed by atoms with Crippen molar-refractivity contribution >= 4 is 29.4 Å². The van der Waals surface area contributed by atoms with Gasteiger partial charge in [-0.1, -0.05) is 29.3 Å². The molecule has 0 aliphatic carbocycles. The first-order chi connectivity index (χ1) is 12.0. The van der Waals surface area contributed by atoms with Gasteiger partial charge >= 0.3 is 0 Å². The number of fused-ring (bicyclic) bond motifs is 1. The average Bonchev–Trinajstić information content (AvgIpc) is 3.03. The van der Waals surface area contributed by atoms with Crippen LogP contribution in [0.2, 0.25) is 5.02 Å². The van der Waals surface area contributed by atoms with Crippen molar-refractivity contribution in [3.63, 3.8) is 0 Å². The van der Waals surface area contributed by atoms with Gasteiger partial charge in [-0.05, 0) is 43.2 Å². The molecule has 1 aliphatic heterocycles. The van der Waals surface area contributed by atoms with Gasteiger partial charge in [0.25, 0.3) is 5.91 Å². The third-order valence-corrected chi connectivity index (χ3v) is 3.95. The van der Waals surface area contributed by atoms with E-state index in [1.54, 1.807) is 12.1 Å². The van der Waals surface area contributed by atoms with Gasteiger partial charge in [-0.15, -0.1) is 0 Å². The fourth-order valence-electron chi connectivity index (χ4n) is 2.47. The molecule has 2 N–H and O–H groups in total. The van der Waals surface area contributed by atoms with E-state index in [0.29, 0.717) is 22.1 Å². The summed E-state index contributed by atoms with van der Waals surface area (Å²) in [7, 11) is 0. The second kappa shape index (κ2) is 7.44. The van der Waals surface area contributed by atoms with Gasteiger partial charge in [-0.25, -0.2) is 5.43 Å². The Morgan fingerprint density at radius 2 is 2.12 bits per heavy atom. The van der Waals surface area contributed by atoms with Crippen LogP contribution in [0.5, 0.6) is 11.5 Å². The number of hydrazone groups is 1. The summed E-state index contributed by atoms with van der Waals surface area (Å²) < 4.78 is 10.5. The molecule has 130 valence electrons. The van der Waals surface area contributed by atoms with Crippen molar-refractivity contribution in [2.45, 2.75) is 13.8 Å². The summed E-state index contributed by atoms with van der Waals surface area (Å²) in [6.45, 7) is 4.30. The van der Waals surface area contributed by atoms with Crippen molar-refractivity contribution < 1.29 is 14.3 Å². The predicted octanol–water partition coefficient (Wildman–Crippen LogP) is 3.25. The molecule has 1 heterocycles. The second-order valence-electron chi connectivity index (χ2n) is 5.70. The topological polar surface area (TPSA) is 72.0 Å². The molecule has 0 saturated heterocycles. The molecular formula is C18H18ClN3O3. The molecule has 0 fully saturated rings. The minimum Gasteiger partial charge on any atom is -0.454 e. The van der Waals surface area contributed by atoms with E-state index in [1.165, 1.54) is 11.8 Å². The quantitative estimate of drug-likeness (QED) is 0.635. The summed E-state index contributed by atoms with van der Waals surface area (Å²) in [4.78, 5) is 11.9. The number of nitrogens with one attached hydrogen (secondary N) is 2. The zero-order valence-electron chi connectivity index (χ0n) is 13.9. The number of amides is 1. The van der Waals surface area contributed by atoms with E-state index in [9.17, 15) is 4.79 Å². The molecule has 1 aliphatic rings. The summed E-state index contributed by atoms with van der Waals surface area (Å²) in [6.07, 6.45) is 1.50. The predicted molar refractivity (Wildman–Crippen MR) is 97.7 cm³/mol. The Morgan fingerprint density at radius 3 is 2.92 bits per heavy atom. The standard InChI is InChI=1S/C18H18ClN3O3/c1-11-3-4-15(12(2)5-11)20-9-17(23)22-21-8-13-6-14(19)18-16(7-13)24-10-25-18/h3-8,20H,9-10H2,1-2H3,(H,22,23)/b21-8-. The smallest absolute Gasteiger partial charge is 0.259 e. The number of carbonyl (C=O) groups is 1.